The molecule has 2 aliphatic rings. The van der Waals surface area contributed by atoms with Crippen LogP contribution in [-0.2, 0) is 14.3 Å². The molecule has 1 saturated carbocycles. The first-order chi connectivity index (χ1) is 16.5. The molecule has 4 rings (SSSR count). The highest BCUT2D eigenvalue weighted by Crippen LogP contribution is 2.44. The first-order valence-electron chi connectivity index (χ1n) is 12.0. The van der Waals surface area contributed by atoms with Crippen LogP contribution in [0.25, 0.3) is 11.1 Å². The second-order valence-electron chi connectivity index (χ2n) is 9.32. The summed E-state index contributed by atoms with van der Waals surface area (Å²) < 4.78 is 5.52. The Kier molecular flexibility index (Phi) is 7.50. The van der Waals surface area contributed by atoms with Crippen LogP contribution >= 0.6 is 0 Å². The molecule has 0 aliphatic heterocycles. The second kappa shape index (κ2) is 10.7. The molecule has 34 heavy (non-hydrogen) atoms. The van der Waals surface area contributed by atoms with Gasteiger partial charge in [0.15, 0.2) is 0 Å². The van der Waals surface area contributed by atoms with E-state index < -0.39 is 12.1 Å². The zero-order valence-electron chi connectivity index (χ0n) is 19.5. The maximum Gasteiger partial charge on any atom is 0.407 e. The van der Waals surface area contributed by atoms with Gasteiger partial charge in [0.25, 0.3) is 0 Å². The third kappa shape index (κ3) is 5.24. The van der Waals surface area contributed by atoms with E-state index in [1.54, 1.807) is 6.92 Å². The number of carbonyl (C=O) groups excluding carboxylic acids is 2. The Morgan fingerprint density at radius 3 is 2.29 bits per heavy atom. The van der Waals surface area contributed by atoms with E-state index in [0.29, 0.717) is 25.9 Å². The van der Waals surface area contributed by atoms with Gasteiger partial charge in [-0.1, -0.05) is 61.9 Å². The lowest BCUT2D eigenvalue weighted by molar-refractivity contribution is -0.143. The van der Waals surface area contributed by atoms with Crippen molar-refractivity contribution in [2.75, 3.05) is 19.7 Å². The standard InChI is InChI=1S/C27H32N2O5/c1-17(25(30)29-15-18-7-6-12-19(18)26(31)32)13-14-28-27(33)34-16-24-22-10-4-2-8-20(22)21-9-3-5-11-23(21)24/h2-5,8-11,17-19,24H,6-7,12-16H2,1H3,(H,28,33)(H,29,30)(H,31,32). The summed E-state index contributed by atoms with van der Waals surface area (Å²) >= 11 is 0. The van der Waals surface area contributed by atoms with E-state index in [9.17, 15) is 19.5 Å². The lowest BCUT2D eigenvalue weighted by atomic mass is 9.96. The van der Waals surface area contributed by atoms with E-state index in [1.807, 2.05) is 24.3 Å². The van der Waals surface area contributed by atoms with Crippen molar-refractivity contribution in [3.8, 4) is 11.1 Å². The number of aliphatic carboxylic acids is 1. The molecule has 0 heterocycles. The second-order valence-corrected chi connectivity index (χ2v) is 9.32. The molecule has 0 bridgehead atoms. The van der Waals surface area contributed by atoms with Crippen LogP contribution in [0.1, 0.15) is 49.7 Å². The number of hydrogen-bond donors (Lipinski definition) is 3. The Morgan fingerprint density at radius 1 is 1.00 bits per heavy atom. The molecular formula is C27H32N2O5. The van der Waals surface area contributed by atoms with Crippen molar-refractivity contribution in [3.63, 3.8) is 0 Å². The Morgan fingerprint density at radius 2 is 1.65 bits per heavy atom. The Hall–Kier alpha value is -3.35. The van der Waals surface area contributed by atoms with E-state index in [0.717, 1.165) is 24.0 Å². The average molecular weight is 465 g/mol. The SMILES string of the molecule is CC(CCNC(=O)OCC1c2ccccc2-c2ccccc21)C(=O)NCC1CCCC1C(=O)O. The Labute approximate surface area is 199 Å². The number of nitrogens with one attached hydrogen (secondary N) is 2. The molecule has 2 amide bonds. The molecule has 2 aromatic carbocycles. The largest absolute Gasteiger partial charge is 0.481 e. The molecule has 0 spiro atoms. The highest BCUT2D eigenvalue weighted by atomic mass is 16.5. The first-order valence-corrected chi connectivity index (χ1v) is 12.0. The predicted molar refractivity (Wildman–Crippen MR) is 128 cm³/mol. The number of alkyl carbamates (subject to hydrolysis) is 1. The number of hydrogen-bond acceptors (Lipinski definition) is 4. The fourth-order valence-electron chi connectivity index (χ4n) is 5.18. The van der Waals surface area contributed by atoms with E-state index in [2.05, 4.69) is 34.9 Å². The summed E-state index contributed by atoms with van der Waals surface area (Å²) in [4.78, 5) is 36.0. The summed E-state index contributed by atoms with van der Waals surface area (Å²) in [6.07, 6.45) is 2.37. The van der Waals surface area contributed by atoms with E-state index in [4.69, 9.17) is 4.74 Å². The van der Waals surface area contributed by atoms with Gasteiger partial charge in [-0.05, 0) is 47.4 Å². The topological polar surface area (TPSA) is 105 Å². The van der Waals surface area contributed by atoms with Crippen LogP contribution < -0.4 is 10.6 Å². The van der Waals surface area contributed by atoms with Crippen molar-refractivity contribution < 1.29 is 24.2 Å². The van der Waals surface area contributed by atoms with Gasteiger partial charge < -0.3 is 20.5 Å². The van der Waals surface area contributed by atoms with E-state index >= 15 is 0 Å². The molecule has 0 saturated heterocycles. The van der Waals surface area contributed by atoms with Crippen LogP contribution in [0.15, 0.2) is 48.5 Å². The number of carboxylic acids is 1. The minimum absolute atomic E-state index is 0.00685. The van der Waals surface area contributed by atoms with E-state index in [1.165, 1.54) is 11.1 Å². The number of ether oxygens (including phenoxy) is 1. The van der Waals surface area contributed by atoms with Gasteiger partial charge in [-0.2, -0.15) is 0 Å². The number of benzene rings is 2. The summed E-state index contributed by atoms with van der Waals surface area (Å²) in [6.45, 7) is 2.77. The lowest BCUT2D eigenvalue weighted by Crippen LogP contribution is -2.37. The van der Waals surface area contributed by atoms with Crippen molar-refractivity contribution >= 4 is 18.0 Å². The molecule has 2 aromatic rings. The zero-order valence-corrected chi connectivity index (χ0v) is 19.5. The van der Waals surface area contributed by atoms with Gasteiger partial charge in [-0.3, -0.25) is 9.59 Å². The molecule has 3 atom stereocenters. The molecule has 0 radical (unpaired) electrons. The molecule has 180 valence electrons. The molecule has 3 N–H and O–H groups in total. The minimum Gasteiger partial charge on any atom is -0.481 e. The van der Waals surface area contributed by atoms with Gasteiger partial charge in [0, 0.05) is 24.9 Å². The van der Waals surface area contributed by atoms with Gasteiger partial charge in [0.2, 0.25) is 5.91 Å². The smallest absolute Gasteiger partial charge is 0.407 e. The highest BCUT2D eigenvalue weighted by molar-refractivity contribution is 5.79. The number of carbonyl (C=O) groups is 3. The first kappa shape index (κ1) is 23.8. The molecule has 7 nitrogen and oxygen atoms in total. The third-order valence-corrected chi connectivity index (χ3v) is 7.15. The molecule has 3 unspecified atom stereocenters. The minimum atomic E-state index is -0.780. The van der Waals surface area contributed by atoms with Crippen molar-refractivity contribution in [3.05, 3.63) is 59.7 Å². The van der Waals surface area contributed by atoms with Gasteiger partial charge >= 0.3 is 12.1 Å². The number of rotatable bonds is 9. The van der Waals surface area contributed by atoms with Crippen LogP contribution in [0, 0.1) is 17.8 Å². The molecular weight excluding hydrogens is 432 g/mol. The van der Waals surface area contributed by atoms with Gasteiger partial charge in [0.05, 0.1) is 5.92 Å². The highest BCUT2D eigenvalue weighted by Gasteiger charge is 2.33. The van der Waals surface area contributed by atoms with Crippen LogP contribution in [-0.4, -0.2) is 42.8 Å². The van der Waals surface area contributed by atoms with E-state index in [-0.39, 0.29) is 36.2 Å². The normalized spacial score (nSPS) is 19.7. The number of carboxylic acid groups (broad SMARTS) is 1. The Balaban J connectivity index is 1.19. The summed E-state index contributed by atoms with van der Waals surface area (Å²) in [5.41, 5.74) is 4.68. The van der Waals surface area contributed by atoms with Crippen molar-refractivity contribution in [2.45, 2.75) is 38.5 Å². The van der Waals surface area contributed by atoms with Gasteiger partial charge in [0.1, 0.15) is 6.61 Å². The number of fused-ring (bicyclic) bond motifs is 3. The summed E-state index contributed by atoms with van der Waals surface area (Å²) in [6, 6.07) is 16.4. The van der Waals surface area contributed by atoms with Crippen LogP contribution in [0.5, 0.6) is 0 Å². The average Bonchev–Trinajstić information content (AvgIpc) is 3.44. The fraction of sp³-hybridized carbons (Fsp3) is 0.444. The molecule has 1 fully saturated rings. The van der Waals surface area contributed by atoms with Crippen LogP contribution in [0.3, 0.4) is 0 Å². The molecule has 0 aromatic heterocycles. The molecule has 7 heteroatoms. The van der Waals surface area contributed by atoms with Crippen LogP contribution in [0.2, 0.25) is 0 Å². The van der Waals surface area contributed by atoms with Gasteiger partial charge in [-0.15, -0.1) is 0 Å². The fourth-order valence-corrected chi connectivity index (χ4v) is 5.18. The van der Waals surface area contributed by atoms with Crippen molar-refractivity contribution in [2.24, 2.45) is 17.8 Å². The molecule has 2 aliphatic carbocycles. The predicted octanol–water partition coefficient (Wildman–Crippen LogP) is 4.17. The Bertz CT molecular complexity index is 1010. The maximum absolute atomic E-state index is 12.4. The van der Waals surface area contributed by atoms with Crippen LogP contribution in [0.4, 0.5) is 4.79 Å². The summed E-state index contributed by atoms with van der Waals surface area (Å²) in [7, 11) is 0. The van der Waals surface area contributed by atoms with Crippen molar-refractivity contribution in [1.82, 2.24) is 10.6 Å². The number of amides is 2. The van der Waals surface area contributed by atoms with Gasteiger partial charge in [-0.25, -0.2) is 4.79 Å². The summed E-state index contributed by atoms with van der Waals surface area (Å²) in [5.74, 6) is -1.56. The lowest BCUT2D eigenvalue weighted by Gasteiger charge is -2.18. The maximum atomic E-state index is 12.4. The summed E-state index contributed by atoms with van der Waals surface area (Å²) in [5, 5.41) is 14.9. The van der Waals surface area contributed by atoms with Crippen molar-refractivity contribution in [1.29, 1.82) is 0 Å². The monoisotopic (exact) mass is 464 g/mol. The third-order valence-electron chi connectivity index (χ3n) is 7.15. The zero-order chi connectivity index (χ0) is 24.1. The quantitative estimate of drug-likeness (QED) is 0.517.